The minimum Gasteiger partial charge on any atom is -0.479 e. The molecular formula is C12H11FN2O3. The lowest BCUT2D eigenvalue weighted by molar-refractivity contribution is 0.0693. The zero-order chi connectivity index (χ0) is 13.1. The fourth-order valence-corrected chi connectivity index (χ4v) is 1.60. The van der Waals surface area contributed by atoms with Gasteiger partial charge in [0.05, 0.1) is 13.7 Å². The summed E-state index contributed by atoms with van der Waals surface area (Å²) < 4.78 is 19.3. The summed E-state index contributed by atoms with van der Waals surface area (Å²) in [7, 11) is 1.35. The van der Waals surface area contributed by atoms with Crippen molar-refractivity contribution in [1.29, 1.82) is 0 Å². The van der Waals surface area contributed by atoms with E-state index in [2.05, 4.69) is 5.10 Å². The van der Waals surface area contributed by atoms with Crippen molar-refractivity contribution in [3.05, 3.63) is 47.4 Å². The van der Waals surface area contributed by atoms with Crippen LogP contribution in [-0.2, 0) is 6.54 Å². The highest BCUT2D eigenvalue weighted by molar-refractivity contribution is 5.89. The summed E-state index contributed by atoms with van der Waals surface area (Å²) in [5.74, 6) is -1.42. The molecule has 0 unspecified atom stereocenters. The number of hydrogen-bond donors (Lipinski definition) is 1. The van der Waals surface area contributed by atoms with Crippen LogP contribution in [0.4, 0.5) is 4.39 Å². The molecule has 1 aromatic carbocycles. The van der Waals surface area contributed by atoms with Crippen LogP contribution in [0.15, 0.2) is 30.5 Å². The van der Waals surface area contributed by atoms with E-state index in [0.29, 0.717) is 5.56 Å². The first-order valence-corrected chi connectivity index (χ1v) is 5.19. The van der Waals surface area contributed by atoms with Gasteiger partial charge in [-0.2, -0.15) is 0 Å². The van der Waals surface area contributed by atoms with Crippen LogP contribution < -0.4 is 4.74 Å². The van der Waals surface area contributed by atoms with Crippen molar-refractivity contribution in [3.8, 4) is 5.88 Å². The fourth-order valence-electron chi connectivity index (χ4n) is 1.60. The molecule has 1 heterocycles. The van der Waals surface area contributed by atoms with Crippen LogP contribution in [0.5, 0.6) is 5.88 Å². The van der Waals surface area contributed by atoms with Gasteiger partial charge in [0.15, 0.2) is 0 Å². The summed E-state index contributed by atoms with van der Waals surface area (Å²) in [6.45, 7) is 0.279. The molecule has 1 aromatic heterocycles. The second-order valence-electron chi connectivity index (χ2n) is 3.68. The van der Waals surface area contributed by atoms with E-state index >= 15 is 0 Å². The van der Waals surface area contributed by atoms with Crippen molar-refractivity contribution in [2.24, 2.45) is 0 Å². The number of aromatic carboxylic acids is 1. The molecule has 0 aliphatic rings. The number of aromatic nitrogens is 2. The van der Waals surface area contributed by atoms with Crippen LogP contribution in [0.2, 0.25) is 0 Å². The van der Waals surface area contributed by atoms with Gasteiger partial charge in [-0.15, -0.1) is 5.10 Å². The van der Waals surface area contributed by atoms with Crippen LogP contribution in [0, 0.1) is 5.82 Å². The largest absolute Gasteiger partial charge is 0.479 e. The minimum absolute atomic E-state index is 0.0195. The van der Waals surface area contributed by atoms with Gasteiger partial charge in [-0.25, -0.2) is 9.18 Å². The zero-order valence-electron chi connectivity index (χ0n) is 9.63. The van der Waals surface area contributed by atoms with Crippen LogP contribution in [0.1, 0.15) is 15.9 Å². The standard InChI is InChI=1S/C12H11FN2O3/c1-18-11-10(12(16)17)7-15(14-11)6-8-3-2-4-9(13)5-8/h2-5,7H,6H2,1H3,(H,16,17). The number of rotatable bonds is 4. The zero-order valence-corrected chi connectivity index (χ0v) is 9.63. The number of ether oxygens (including phenoxy) is 1. The molecule has 0 atom stereocenters. The van der Waals surface area contributed by atoms with Gasteiger partial charge in [0.25, 0.3) is 0 Å². The maximum atomic E-state index is 13.0. The van der Waals surface area contributed by atoms with Gasteiger partial charge in [0, 0.05) is 6.20 Å². The smallest absolute Gasteiger partial charge is 0.342 e. The number of carboxylic acid groups (broad SMARTS) is 1. The van der Waals surface area contributed by atoms with Gasteiger partial charge in [0.1, 0.15) is 11.4 Å². The average Bonchev–Trinajstić information content (AvgIpc) is 2.72. The lowest BCUT2D eigenvalue weighted by Gasteiger charge is -2.01. The first kappa shape index (κ1) is 12.1. The van der Waals surface area contributed by atoms with Crippen molar-refractivity contribution in [3.63, 3.8) is 0 Å². The molecule has 2 aromatic rings. The number of methoxy groups -OCH3 is 1. The van der Waals surface area contributed by atoms with Crippen LogP contribution in [0.25, 0.3) is 0 Å². The SMILES string of the molecule is COc1nn(Cc2cccc(F)c2)cc1C(=O)O. The molecule has 0 radical (unpaired) electrons. The van der Waals surface area contributed by atoms with E-state index in [9.17, 15) is 9.18 Å². The second-order valence-corrected chi connectivity index (χ2v) is 3.68. The van der Waals surface area contributed by atoms with Gasteiger partial charge in [0.2, 0.25) is 5.88 Å². The Morgan fingerprint density at radius 3 is 2.89 bits per heavy atom. The Kier molecular flexibility index (Phi) is 3.27. The van der Waals surface area contributed by atoms with Crippen LogP contribution in [-0.4, -0.2) is 28.0 Å². The monoisotopic (exact) mass is 250 g/mol. The molecule has 6 heteroatoms. The molecule has 94 valence electrons. The number of halogens is 1. The third-order valence-electron chi connectivity index (χ3n) is 2.39. The molecule has 0 saturated carbocycles. The van der Waals surface area contributed by atoms with Crippen molar-refractivity contribution in [2.75, 3.05) is 7.11 Å². The number of carbonyl (C=O) groups is 1. The number of carboxylic acids is 1. The Morgan fingerprint density at radius 1 is 1.56 bits per heavy atom. The summed E-state index contributed by atoms with van der Waals surface area (Å²) >= 11 is 0. The summed E-state index contributed by atoms with van der Waals surface area (Å²) in [5, 5.41) is 12.9. The molecule has 5 nitrogen and oxygen atoms in total. The van der Waals surface area contributed by atoms with Crippen molar-refractivity contribution >= 4 is 5.97 Å². The molecule has 0 aliphatic heterocycles. The maximum Gasteiger partial charge on any atom is 0.342 e. The predicted octanol–water partition coefficient (Wildman–Crippen LogP) is 1.78. The highest BCUT2D eigenvalue weighted by atomic mass is 19.1. The van der Waals surface area contributed by atoms with Crippen molar-refractivity contribution < 1.29 is 19.0 Å². The van der Waals surface area contributed by atoms with Crippen molar-refractivity contribution in [1.82, 2.24) is 9.78 Å². The highest BCUT2D eigenvalue weighted by Crippen LogP contribution is 2.16. The average molecular weight is 250 g/mol. The normalized spacial score (nSPS) is 10.3. The van der Waals surface area contributed by atoms with E-state index < -0.39 is 5.97 Å². The van der Waals surface area contributed by atoms with Crippen LogP contribution >= 0.6 is 0 Å². The second kappa shape index (κ2) is 4.87. The third kappa shape index (κ3) is 2.48. The summed E-state index contributed by atoms with van der Waals surface area (Å²) in [5.41, 5.74) is 0.672. The van der Waals surface area contributed by atoms with Gasteiger partial charge in [-0.1, -0.05) is 12.1 Å². The fraction of sp³-hybridized carbons (Fsp3) is 0.167. The lowest BCUT2D eigenvalue weighted by Crippen LogP contribution is -2.00. The summed E-state index contributed by atoms with van der Waals surface area (Å²) in [6, 6.07) is 6.03. The molecule has 0 fully saturated rings. The Bertz CT molecular complexity index is 580. The molecule has 0 amide bonds. The van der Waals surface area contributed by atoms with Crippen molar-refractivity contribution in [2.45, 2.75) is 6.54 Å². The molecule has 2 rings (SSSR count). The van der Waals surface area contributed by atoms with E-state index in [1.807, 2.05) is 0 Å². The van der Waals surface area contributed by atoms with E-state index in [0.717, 1.165) is 0 Å². The summed E-state index contributed by atoms with van der Waals surface area (Å²) in [4.78, 5) is 10.9. The molecular weight excluding hydrogens is 239 g/mol. The Labute approximate surface area is 102 Å². The predicted molar refractivity (Wildman–Crippen MR) is 61.2 cm³/mol. The first-order valence-electron chi connectivity index (χ1n) is 5.19. The van der Waals surface area contributed by atoms with E-state index in [1.54, 1.807) is 12.1 Å². The molecule has 1 N–H and O–H groups in total. The van der Waals surface area contributed by atoms with E-state index in [-0.39, 0.29) is 23.8 Å². The van der Waals surface area contributed by atoms with Gasteiger partial charge < -0.3 is 9.84 Å². The van der Waals surface area contributed by atoms with Gasteiger partial charge in [-0.3, -0.25) is 4.68 Å². The van der Waals surface area contributed by atoms with Crippen LogP contribution in [0.3, 0.4) is 0 Å². The van der Waals surface area contributed by atoms with Gasteiger partial charge in [-0.05, 0) is 17.7 Å². The molecule has 18 heavy (non-hydrogen) atoms. The lowest BCUT2D eigenvalue weighted by atomic mass is 10.2. The number of nitrogens with zero attached hydrogens (tertiary/aromatic N) is 2. The quantitative estimate of drug-likeness (QED) is 0.898. The van der Waals surface area contributed by atoms with E-state index in [1.165, 1.54) is 30.1 Å². The molecule has 0 aliphatic carbocycles. The molecule has 0 spiro atoms. The Morgan fingerprint density at radius 2 is 2.33 bits per heavy atom. The van der Waals surface area contributed by atoms with Gasteiger partial charge >= 0.3 is 5.97 Å². The topological polar surface area (TPSA) is 64.4 Å². The molecule has 0 saturated heterocycles. The number of hydrogen-bond acceptors (Lipinski definition) is 3. The first-order chi connectivity index (χ1) is 8.60. The summed E-state index contributed by atoms with van der Waals surface area (Å²) in [6.07, 6.45) is 1.35. The number of benzene rings is 1. The minimum atomic E-state index is -1.11. The van der Waals surface area contributed by atoms with E-state index in [4.69, 9.17) is 9.84 Å². The maximum absolute atomic E-state index is 13.0. The Hall–Kier alpha value is -2.37. The Balaban J connectivity index is 2.27. The molecule has 0 bridgehead atoms. The third-order valence-corrected chi connectivity index (χ3v) is 2.39. The highest BCUT2D eigenvalue weighted by Gasteiger charge is 2.16.